The van der Waals surface area contributed by atoms with Crippen molar-refractivity contribution in [2.24, 2.45) is 0 Å². The number of hydrogen-bond donors (Lipinski definition) is 0. The molecule has 2 fully saturated rings. The highest BCUT2D eigenvalue weighted by atomic mass is 79.9. The number of aromatic nitrogens is 4. The Morgan fingerprint density at radius 3 is 2.42 bits per heavy atom. The lowest BCUT2D eigenvalue weighted by Gasteiger charge is -2.39. The maximum atomic E-state index is 4.47. The second kappa shape index (κ2) is 4.30. The van der Waals surface area contributed by atoms with E-state index >= 15 is 0 Å². The lowest BCUT2D eigenvalue weighted by molar-refractivity contribution is 0.363. The number of rotatable bonds is 3. The summed E-state index contributed by atoms with van der Waals surface area (Å²) in [6.45, 7) is 1.85. The monoisotopic (exact) mass is 319 g/mol. The number of nitrogens with zero attached hydrogens (tertiary/aromatic N) is 5. The van der Waals surface area contributed by atoms with Gasteiger partial charge in [0.15, 0.2) is 0 Å². The molecule has 1 aliphatic heterocycles. The molecule has 0 radical (unpaired) electrons. The Balaban J connectivity index is 1.42. The fraction of sp³-hybridized carbons (Fsp3) is 0.462. The van der Waals surface area contributed by atoms with Crippen LogP contribution in [0.2, 0.25) is 0 Å². The first kappa shape index (κ1) is 11.4. The standard InChI is InChI=1S/C13H14BrN5/c14-11-5-17-19(6-11)12-7-18(8-12)13-15-3-10(4-16-13)9-1-2-9/h3-6,9,12H,1-2,7-8H2. The Hall–Kier alpha value is -1.43. The topological polar surface area (TPSA) is 46.8 Å². The Morgan fingerprint density at radius 2 is 1.84 bits per heavy atom. The maximum absolute atomic E-state index is 4.47. The van der Waals surface area contributed by atoms with Gasteiger partial charge in [-0.05, 0) is 40.3 Å². The highest BCUT2D eigenvalue weighted by Crippen LogP contribution is 2.39. The van der Waals surface area contributed by atoms with Crippen molar-refractivity contribution in [3.63, 3.8) is 0 Å². The van der Waals surface area contributed by atoms with Crippen molar-refractivity contribution in [1.29, 1.82) is 0 Å². The summed E-state index contributed by atoms with van der Waals surface area (Å²) in [7, 11) is 0. The van der Waals surface area contributed by atoms with Crippen molar-refractivity contribution in [3.05, 3.63) is 34.8 Å². The molecule has 1 saturated carbocycles. The molecule has 0 N–H and O–H groups in total. The van der Waals surface area contributed by atoms with Crippen LogP contribution in [0.5, 0.6) is 0 Å². The molecule has 98 valence electrons. The molecule has 19 heavy (non-hydrogen) atoms. The molecule has 2 aromatic rings. The van der Waals surface area contributed by atoms with Crippen LogP contribution in [-0.2, 0) is 0 Å². The third kappa shape index (κ3) is 2.14. The summed E-state index contributed by atoms with van der Waals surface area (Å²) in [5.41, 5.74) is 1.29. The smallest absolute Gasteiger partial charge is 0.225 e. The summed E-state index contributed by atoms with van der Waals surface area (Å²) in [4.78, 5) is 11.1. The van der Waals surface area contributed by atoms with Crippen molar-refractivity contribution in [3.8, 4) is 0 Å². The molecule has 0 unspecified atom stereocenters. The van der Waals surface area contributed by atoms with Crippen LogP contribution in [0.25, 0.3) is 0 Å². The van der Waals surface area contributed by atoms with Crippen molar-refractivity contribution in [2.45, 2.75) is 24.8 Å². The van der Waals surface area contributed by atoms with E-state index in [1.54, 1.807) is 0 Å². The van der Waals surface area contributed by atoms with E-state index in [1.165, 1.54) is 18.4 Å². The Morgan fingerprint density at radius 1 is 1.11 bits per heavy atom. The first-order chi connectivity index (χ1) is 9.29. The van der Waals surface area contributed by atoms with E-state index in [-0.39, 0.29) is 0 Å². The third-order valence-corrected chi connectivity index (χ3v) is 4.21. The molecule has 4 rings (SSSR count). The van der Waals surface area contributed by atoms with E-state index in [2.05, 4.69) is 35.9 Å². The van der Waals surface area contributed by atoms with Gasteiger partial charge in [0.05, 0.1) is 16.7 Å². The zero-order valence-corrected chi connectivity index (χ0v) is 12.0. The van der Waals surface area contributed by atoms with Gasteiger partial charge < -0.3 is 4.90 Å². The molecule has 1 saturated heterocycles. The minimum atomic E-state index is 0.429. The highest BCUT2D eigenvalue weighted by molar-refractivity contribution is 9.10. The predicted octanol–water partition coefficient (Wildman–Crippen LogP) is 2.37. The summed E-state index contributed by atoms with van der Waals surface area (Å²) in [6.07, 6.45) is 10.4. The highest BCUT2D eigenvalue weighted by Gasteiger charge is 2.31. The molecule has 0 bridgehead atoms. The van der Waals surface area contributed by atoms with Crippen molar-refractivity contribution in [1.82, 2.24) is 19.7 Å². The first-order valence-corrected chi connectivity index (χ1v) is 7.35. The number of anilines is 1. The third-order valence-electron chi connectivity index (χ3n) is 3.80. The van der Waals surface area contributed by atoms with E-state index in [1.807, 2.05) is 29.5 Å². The van der Waals surface area contributed by atoms with Gasteiger partial charge in [0.25, 0.3) is 0 Å². The molecule has 2 aliphatic rings. The number of halogens is 1. The maximum Gasteiger partial charge on any atom is 0.225 e. The van der Waals surface area contributed by atoms with E-state index in [0.29, 0.717) is 6.04 Å². The fourth-order valence-electron chi connectivity index (χ4n) is 2.42. The van der Waals surface area contributed by atoms with Crippen LogP contribution in [0.1, 0.15) is 30.4 Å². The minimum absolute atomic E-state index is 0.429. The Kier molecular flexibility index (Phi) is 2.58. The van der Waals surface area contributed by atoms with Gasteiger partial charge in [-0.2, -0.15) is 5.10 Å². The fourth-order valence-corrected chi connectivity index (χ4v) is 2.72. The average molecular weight is 320 g/mol. The van der Waals surface area contributed by atoms with Gasteiger partial charge in [-0.3, -0.25) is 4.68 Å². The van der Waals surface area contributed by atoms with Gasteiger partial charge in [0, 0.05) is 31.7 Å². The van der Waals surface area contributed by atoms with Crippen molar-refractivity contribution in [2.75, 3.05) is 18.0 Å². The molecule has 3 heterocycles. The first-order valence-electron chi connectivity index (χ1n) is 6.56. The molecule has 1 aliphatic carbocycles. The van der Waals surface area contributed by atoms with Gasteiger partial charge in [-0.1, -0.05) is 0 Å². The lowest BCUT2D eigenvalue weighted by atomic mass is 10.1. The largest absolute Gasteiger partial charge is 0.336 e. The van der Waals surface area contributed by atoms with E-state index in [4.69, 9.17) is 0 Å². The summed E-state index contributed by atoms with van der Waals surface area (Å²) in [5, 5.41) is 4.31. The van der Waals surface area contributed by atoms with Crippen LogP contribution in [0, 0.1) is 0 Å². The summed E-state index contributed by atoms with van der Waals surface area (Å²) in [6, 6.07) is 0.429. The molecule has 5 nitrogen and oxygen atoms in total. The zero-order chi connectivity index (χ0) is 12.8. The van der Waals surface area contributed by atoms with Crippen LogP contribution < -0.4 is 4.90 Å². The minimum Gasteiger partial charge on any atom is -0.336 e. The molecular formula is C13H14BrN5. The van der Waals surface area contributed by atoms with Gasteiger partial charge in [0.1, 0.15) is 0 Å². The second-order valence-electron chi connectivity index (χ2n) is 5.29. The van der Waals surface area contributed by atoms with Crippen molar-refractivity contribution < 1.29 is 0 Å². The predicted molar refractivity (Wildman–Crippen MR) is 75.2 cm³/mol. The van der Waals surface area contributed by atoms with Gasteiger partial charge >= 0.3 is 0 Å². The molecular weight excluding hydrogens is 306 g/mol. The number of hydrogen-bond acceptors (Lipinski definition) is 4. The zero-order valence-electron chi connectivity index (χ0n) is 10.4. The normalized spacial score (nSPS) is 19.5. The summed E-state index contributed by atoms with van der Waals surface area (Å²) < 4.78 is 3.02. The van der Waals surface area contributed by atoms with Gasteiger partial charge in [-0.25, -0.2) is 9.97 Å². The quantitative estimate of drug-likeness (QED) is 0.871. The molecule has 6 heteroatoms. The SMILES string of the molecule is Brc1cnn(C2CN(c3ncc(C4CC4)cn3)C2)c1. The van der Waals surface area contributed by atoms with Crippen LogP contribution in [0.15, 0.2) is 29.3 Å². The van der Waals surface area contributed by atoms with E-state index < -0.39 is 0 Å². The van der Waals surface area contributed by atoms with Crippen molar-refractivity contribution >= 4 is 21.9 Å². The molecule has 0 spiro atoms. The molecule has 0 aromatic carbocycles. The molecule has 0 amide bonds. The Bertz CT molecular complexity index is 583. The van der Waals surface area contributed by atoms with Crippen LogP contribution in [0.3, 0.4) is 0 Å². The Labute approximate surface area is 119 Å². The van der Waals surface area contributed by atoms with Crippen LogP contribution in [0.4, 0.5) is 5.95 Å². The van der Waals surface area contributed by atoms with Gasteiger partial charge in [0.2, 0.25) is 5.95 Å². The van der Waals surface area contributed by atoms with E-state index in [9.17, 15) is 0 Å². The van der Waals surface area contributed by atoms with Gasteiger partial charge in [-0.15, -0.1) is 0 Å². The van der Waals surface area contributed by atoms with Crippen LogP contribution >= 0.6 is 15.9 Å². The molecule has 2 aromatic heterocycles. The van der Waals surface area contributed by atoms with E-state index in [0.717, 1.165) is 29.4 Å². The van der Waals surface area contributed by atoms with Crippen LogP contribution in [-0.4, -0.2) is 32.8 Å². The lowest BCUT2D eigenvalue weighted by Crippen LogP contribution is -2.48. The molecule has 0 atom stereocenters. The second-order valence-corrected chi connectivity index (χ2v) is 6.20. The average Bonchev–Trinajstić information content (AvgIpc) is 3.12. The summed E-state index contributed by atoms with van der Waals surface area (Å²) >= 11 is 3.42. The summed E-state index contributed by atoms with van der Waals surface area (Å²) in [5.74, 6) is 1.56.